The van der Waals surface area contributed by atoms with E-state index in [0.29, 0.717) is 18.1 Å². The van der Waals surface area contributed by atoms with Crippen LogP contribution in [0.15, 0.2) is 18.3 Å². The van der Waals surface area contributed by atoms with Crippen molar-refractivity contribution in [3.63, 3.8) is 0 Å². The van der Waals surface area contributed by atoms with E-state index < -0.39 is 0 Å². The van der Waals surface area contributed by atoms with E-state index in [1.807, 2.05) is 13.0 Å². The Balaban J connectivity index is 2.22. The number of carbonyl (C=O) groups excluding carboxylic acids is 1. The minimum Gasteiger partial charge on any atom is -0.384 e. The summed E-state index contributed by atoms with van der Waals surface area (Å²) in [6, 6.07) is 3.54. The van der Waals surface area contributed by atoms with Gasteiger partial charge in [0.25, 0.3) is 0 Å². The molecule has 1 amide bonds. The van der Waals surface area contributed by atoms with E-state index in [0.717, 1.165) is 18.7 Å². The van der Waals surface area contributed by atoms with Crippen LogP contribution in [0.4, 0.5) is 5.69 Å². The maximum absolute atomic E-state index is 11.3. The standard InChI is InChI=1S/C11H16ClN3O/c1-2-5-15-11(16)4-7-13-9-3-6-14-10(12)8-9/h3,6,8H,2,4-5,7H2,1H3,(H,13,14)(H,15,16). The molecule has 0 atom stereocenters. The van der Waals surface area contributed by atoms with Crippen molar-refractivity contribution in [1.29, 1.82) is 0 Å². The molecule has 0 aliphatic heterocycles. The van der Waals surface area contributed by atoms with E-state index in [-0.39, 0.29) is 5.91 Å². The van der Waals surface area contributed by atoms with Gasteiger partial charge < -0.3 is 10.6 Å². The number of aromatic nitrogens is 1. The Bertz CT molecular complexity index is 344. The van der Waals surface area contributed by atoms with E-state index >= 15 is 0 Å². The highest BCUT2D eigenvalue weighted by atomic mass is 35.5. The number of anilines is 1. The summed E-state index contributed by atoms with van der Waals surface area (Å²) in [4.78, 5) is 15.1. The molecule has 0 aliphatic carbocycles. The Morgan fingerprint density at radius 3 is 3.00 bits per heavy atom. The summed E-state index contributed by atoms with van der Waals surface area (Å²) >= 11 is 5.72. The highest BCUT2D eigenvalue weighted by molar-refractivity contribution is 6.29. The summed E-state index contributed by atoms with van der Waals surface area (Å²) in [5.74, 6) is 0.0644. The Kier molecular flexibility index (Phi) is 5.64. The second-order valence-corrected chi connectivity index (χ2v) is 3.78. The summed E-state index contributed by atoms with van der Waals surface area (Å²) in [5.41, 5.74) is 0.878. The largest absolute Gasteiger partial charge is 0.384 e. The van der Waals surface area contributed by atoms with Crippen molar-refractivity contribution in [2.45, 2.75) is 19.8 Å². The molecule has 1 aromatic rings. The van der Waals surface area contributed by atoms with Gasteiger partial charge in [0, 0.05) is 31.4 Å². The molecule has 0 fully saturated rings. The van der Waals surface area contributed by atoms with Crippen LogP contribution < -0.4 is 10.6 Å². The highest BCUT2D eigenvalue weighted by Gasteiger charge is 1.99. The molecule has 1 aromatic heterocycles. The number of nitrogens with one attached hydrogen (secondary N) is 2. The van der Waals surface area contributed by atoms with E-state index in [9.17, 15) is 4.79 Å². The van der Waals surface area contributed by atoms with Gasteiger partial charge >= 0.3 is 0 Å². The van der Waals surface area contributed by atoms with E-state index in [4.69, 9.17) is 11.6 Å². The minimum absolute atomic E-state index is 0.0644. The van der Waals surface area contributed by atoms with Gasteiger partial charge in [0.2, 0.25) is 5.91 Å². The lowest BCUT2D eigenvalue weighted by Crippen LogP contribution is -2.25. The lowest BCUT2D eigenvalue weighted by atomic mass is 10.3. The van der Waals surface area contributed by atoms with Crippen molar-refractivity contribution >= 4 is 23.2 Å². The zero-order valence-electron chi connectivity index (χ0n) is 9.29. The SMILES string of the molecule is CCCNC(=O)CCNc1ccnc(Cl)c1. The number of nitrogens with zero attached hydrogens (tertiary/aromatic N) is 1. The molecule has 0 saturated carbocycles. The molecule has 4 nitrogen and oxygen atoms in total. The smallest absolute Gasteiger partial charge is 0.221 e. The van der Waals surface area contributed by atoms with Crippen LogP contribution in [0.3, 0.4) is 0 Å². The molecule has 0 unspecified atom stereocenters. The molecule has 88 valence electrons. The fourth-order valence-electron chi connectivity index (χ4n) is 1.19. The van der Waals surface area contributed by atoms with Crippen LogP contribution in [0.25, 0.3) is 0 Å². The first kappa shape index (κ1) is 12.8. The highest BCUT2D eigenvalue weighted by Crippen LogP contribution is 2.11. The molecule has 0 radical (unpaired) electrons. The van der Waals surface area contributed by atoms with Crippen LogP contribution in [0.1, 0.15) is 19.8 Å². The molecule has 5 heteroatoms. The summed E-state index contributed by atoms with van der Waals surface area (Å²) in [5, 5.41) is 6.37. The Morgan fingerprint density at radius 1 is 1.50 bits per heavy atom. The molecule has 0 bridgehead atoms. The third-order valence-corrected chi connectivity index (χ3v) is 2.19. The van der Waals surface area contributed by atoms with E-state index in [1.165, 1.54) is 0 Å². The van der Waals surface area contributed by atoms with Gasteiger partial charge in [0.15, 0.2) is 0 Å². The van der Waals surface area contributed by atoms with E-state index in [1.54, 1.807) is 12.3 Å². The summed E-state index contributed by atoms with van der Waals surface area (Å²) < 4.78 is 0. The van der Waals surface area contributed by atoms with Crippen LogP contribution in [0.2, 0.25) is 5.15 Å². The molecule has 1 rings (SSSR count). The first-order chi connectivity index (χ1) is 7.72. The fourth-order valence-corrected chi connectivity index (χ4v) is 1.36. The zero-order valence-corrected chi connectivity index (χ0v) is 10.0. The number of rotatable bonds is 6. The average molecular weight is 242 g/mol. The molecular weight excluding hydrogens is 226 g/mol. The monoisotopic (exact) mass is 241 g/mol. The van der Waals surface area contributed by atoms with Gasteiger partial charge in [-0.05, 0) is 18.6 Å². The van der Waals surface area contributed by atoms with Crippen molar-refractivity contribution in [3.05, 3.63) is 23.5 Å². The van der Waals surface area contributed by atoms with Crippen molar-refractivity contribution in [2.24, 2.45) is 0 Å². The molecular formula is C11H16ClN3O. The Hall–Kier alpha value is -1.29. The number of hydrogen-bond donors (Lipinski definition) is 2. The van der Waals surface area contributed by atoms with Crippen LogP contribution in [-0.2, 0) is 4.79 Å². The number of hydrogen-bond acceptors (Lipinski definition) is 3. The maximum Gasteiger partial charge on any atom is 0.221 e. The lowest BCUT2D eigenvalue weighted by Gasteiger charge is -2.06. The Labute approximate surface area is 100 Å². The molecule has 0 spiro atoms. The summed E-state index contributed by atoms with van der Waals surface area (Å²) in [6.07, 6.45) is 3.04. The third kappa shape index (κ3) is 4.98. The lowest BCUT2D eigenvalue weighted by molar-refractivity contribution is -0.120. The normalized spacial score (nSPS) is 9.88. The van der Waals surface area contributed by atoms with E-state index in [2.05, 4.69) is 15.6 Å². The molecule has 16 heavy (non-hydrogen) atoms. The molecule has 1 heterocycles. The predicted octanol–water partition coefficient (Wildman–Crippen LogP) is 2.06. The molecule has 0 aliphatic rings. The predicted molar refractivity (Wildman–Crippen MR) is 65.7 cm³/mol. The first-order valence-corrected chi connectivity index (χ1v) is 5.72. The van der Waals surface area contributed by atoms with Crippen molar-refractivity contribution in [3.8, 4) is 0 Å². The number of amides is 1. The second-order valence-electron chi connectivity index (χ2n) is 3.39. The second kappa shape index (κ2) is 7.06. The topological polar surface area (TPSA) is 54.0 Å². The van der Waals surface area contributed by atoms with Gasteiger partial charge in [0.1, 0.15) is 5.15 Å². The Morgan fingerprint density at radius 2 is 2.31 bits per heavy atom. The summed E-state index contributed by atoms with van der Waals surface area (Å²) in [6.45, 7) is 3.35. The van der Waals surface area contributed by atoms with Gasteiger partial charge in [-0.15, -0.1) is 0 Å². The van der Waals surface area contributed by atoms with Crippen LogP contribution >= 0.6 is 11.6 Å². The average Bonchev–Trinajstić information content (AvgIpc) is 2.26. The molecule has 0 saturated heterocycles. The number of pyridine rings is 1. The fraction of sp³-hybridized carbons (Fsp3) is 0.455. The van der Waals surface area contributed by atoms with Gasteiger partial charge in [-0.3, -0.25) is 4.79 Å². The maximum atomic E-state index is 11.3. The molecule has 2 N–H and O–H groups in total. The van der Waals surface area contributed by atoms with Crippen LogP contribution in [-0.4, -0.2) is 24.0 Å². The van der Waals surface area contributed by atoms with Crippen molar-refractivity contribution in [2.75, 3.05) is 18.4 Å². The van der Waals surface area contributed by atoms with Crippen LogP contribution in [0, 0.1) is 0 Å². The van der Waals surface area contributed by atoms with Crippen LogP contribution in [0.5, 0.6) is 0 Å². The minimum atomic E-state index is 0.0644. The van der Waals surface area contributed by atoms with Gasteiger partial charge in [-0.2, -0.15) is 0 Å². The summed E-state index contributed by atoms with van der Waals surface area (Å²) in [7, 11) is 0. The first-order valence-electron chi connectivity index (χ1n) is 5.34. The number of halogens is 1. The number of carbonyl (C=O) groups is 1. The van der Waals surface area contributed by atoms with Crippen molar-refractivity contribution < 1.29 is 4.79 Å². The quantitative estimate of drug-likeness (QED) is 0.750. The van der Waals surface area contributed by atoms with Gasteiger partial charge in [-0.1, -0.05) is 18.5 Å². The molecule has 0 aromatic carbocycles. The van der Waals surface area contributed by atoms with Gasteiger partial charge in [-0.25, -0.2) is 4.98 Å². The third-order valence-electron chi connectivity index (χ3n) is 1.98. The van der Waals surface area contributed by atoms with Gasteiger partial charge in [0.05, 0.1) is 0 Å². The zero-order chi connectivity index (χ0) is 11.8. The van der Waals surface area contributed by atoms with Crippen molar-refractivity contribution in [1.82, 2.24) is 10.3 Å².